The van der Waals surface area contributed by atoms with Gasteiger partial charge in [-0.2, -0.15) is 6.67 Å². The molecule has 0 amide bonds. The Morgan fingerprint density at radius 1 is 0.233 bits per heavy atom. The van der Waals surface area contributed by atoms with Gasteiger partial charge in [0.15, 0.2) is 0 Å². The number of allylic oxidation sites excluding steroid dienone is 2. The first-order valence-electron chi connectivity index (χ1n) is 62.4. The zero-order chi connectivity index (χ0) is 103. The zero-order valence-electron chi connectivity index (χ0n) is 94.3. The molecule has 1 aliphatic heterocycles. The van der Waals surface area contributed by atoms with Crippen molar-refractivity contribution in [3.8, 4) is 0 Å². The third-order valence-electron chi connectivity index (χ3n) is 38.3. The SMILES string of the molecule is C1CCC([PH+](C2CCCCC2)C2CCCCC2)CC1.C1CCC([PH+](C2CCCCC2)C2CCCCC2)CC1.C1CCC([PH+](C2CCCCC2)C2CCCCC2)CC1.C1CCC([PH+](C2CCCCC2)C2CCCCC2)CC1.C1CCC([PH+](C2CCCCC2)C2CCCCC2)CC1.CC(C)=C[CH]=[Ru]([Cl])[Cl].Cc1cc(C)c(N2[CH-]N(c3c(C)cc(C)cc3C)CC2)c(C)c1.[Cl][Ru]([Cl])=[CH]c1ccccc1.[Cl][Ru]([Cl])=[CH]c1ccccc1. The predicted octanol–water partition coefficient (Wildman–Crippen LogP) is 44.2. The molecule has 2 nitrogen and oxygen atoms in total. The molecule has 0 radical (unpaired) electrons. The van der Waals surface area contributed by atoms with Gasteiger partial charge in [0, 0.05) is 64.1 Å². The summed E-state index contributed by atoms with van der Waals surface area (Å²) in [5, 5.41) is 0. The van der Waals surface area contributed by atoms with Crippen LogP contribution in [0.15, 0.2) is 96.6 Å². The van der Waals surface area contributed by atoms with Gasteiger partial charge in [-0.3, -0.25) is 0 Å². The van der Waals surface area contributed by atoms with Gasteiger partial charge in [0.25, 0.3) is 0 Å². The zero-order valence-corrected chi connectivity index (χ0v) is 109. The summed E-state index contributed by atoms with van der Waals surface area (Å²) in [6.07, 6.45) is 121. The van der Waals surface area contributed by atoms with Crippen LogP contribution >= 0.6 is 97.8 Å². The predicted molar refractivity (Wildman–Crippen MR) is 669 cm³/mol. The van der Waals surface area contributed by atoms with Gasteiger partial charge in [-0.15, -0.1) is 0 Å². The number of benzene rings is 4. The van der Waals surface area contributed by atoms with Crippen LogP contribution in [0.4, 0.5) is 11.4 Å². The van der Waals surface area contributed by atoms with E-state index in [1.807, 2.05) is 94.4 Å². The molecule has 0 unspecified atom stereocenters. The third kappa shape index (κ3) is 45.2. The van der Waals surface area contributed by atoms with Crippen LogP contribution in [0.1, 0.15) is 540 Å². The van der Waals surface area contributed by atoms with Gasteiger partial charge >= 0.3 is 210 Å². The van der Waals surface area contributed by atoms with E-state index in [4.69, 9.17) is 58.1 Å². The van der Waals surface area contributed by atoms with Crippen LogP contribution in [0.5, 0.6) is 0 Å². The quantitative estimate of drug-likeness (QED) is 0.0494. The monoisotopic (exact) mass is 2480 g/mol. The molecule has 0 bridgehead atoms. The molecule has 15 aliphatic carbocycles. The van der Waals surface area contributed by atoms with E-state index in [-0.39, 0.29) is 39.6 Å². The van der Waals surface area contributed by atoms with Crippen molar-refractivity contribution in [3.63, 3.8) is 0 Å². The van der Waals surface area contributed by atoms with Crippen molar-refractivity contribution in [1.29, 1.82) is 0 Å². The molecular formula is C130H217Cl6N2P5Ru3+4. The fourth-order valence-electron chi connectivity index (χ4n) is 32.0. The first-order valence-corrected chi connectivity index (χ1v) is 87.5. The average Bonchev–Trinajstić information content (AvgIpc) is 1.66. The van der Waals surface area contributed by atoms with Crippen molar-refractivity contribution >= 4 is 123 Å². The van der Waals surface area contributed by atoms with Gasteiger partial charge in [0.05, 0.1) is 84.9 Å². The molecule has 4 aromatic rings. The Balaban J connectivity index is 0.000000148. The summed E-state index contributed by atoms with van der Waals surface area (Å²) >= 11 is -4.75. The molecule has 834 valence electrons. The van der Waals surface area contributed by atoms with Crippen molar-refractivity contribution in [2.75, 3.05) is 22.9 Å². The van der Waals surface area contributed by atoms with E-state index in [1.54, 1.807) is 482 Å². The molecular weight excluding hydrogens is 2260 g/mol. The second-order valence-electron chi connectivity index (χ2n) is 49.5. The number of halogens is 6. The van der Waals surface area contributed by atoms with E-state index in [1.165, 1.54) is 135 Å². The molecule has 4 aromatic carbocycles. The summed E-state index contributed by atoms with van der Waals surface area (Å²) in [6, 6.07) is 28.9. The molecule has 0 spiro atoms. The van der Waals surface area contributed by atoms with E-state index < -0.39 is 40.6 Å². The van der Waals surface area contributed by atoms with Gasteiger partial charge in [-0.25, -0.2) is 0 Å². The standard InChI is InChI=1S/C21H27N2.5C18H33P.2C7H6.C5H8.6ClH.3Ru/c1-14-9-16(3)20(17(4)10-14)22-7-8-23(13-22)21-18(5)11-15(2)12-19(21)6;5*1-4-10-16(11-5-1)19(17-12-6-2-7-13-17)18-14-8-3-9-15-18;2*1-7-5-3-2-4-6-7;1-4-5(2)3;;;;;;;;;/h9-13H,7-8H2,1-6H3;5*16-18H,1-15H2;2*1-6H;1,4H,2-3H3;6*1H;;;/q-1;;;;;;;;;;;;;;;3*+2/p-1. The van der Waals surface area contributed by atoms with Gasteiger partial charge in [-0.05, 0) is 449 Å². The Bertz CT molecular complexity index is 3510. The molecule has 0 N–H and O–H groups in total. The summed E-state index contributed by atoms with van der Waals surface area (Å²) < 4.78 is 5.73. The number of anilines is 2. The summed E-state index contributed by atoms with van der Waals surface area (Å²) in [6.45, 7) is 21.6. The van der Waals surface area contributed by atoms with E-state index in [0.29, 0.717) is 0 Å². The van der Waals surface area contributed by atoms with Crippen LogP contribution in [0.25, 0.3) is 0 Å². The maximum absolute atomic E-state index is 5.67. The van der Waals surface area contributed by atoms with Crippen LogP contribution < -0.4 is 9.80 Å². The number of aryl methyl sites for hydroxylation is 6. The van der Waals surface area contributed by atoms with Crippen LogP contribution in [0.3, 0.4) is 0 Å². The minimum atomic E-state index is -1.61. The molecule has 1 saturated heterocycles. The Kier molecular flexibility index (Phi) is 63.5. The van der Waals surface area contributed by atoms with Crippen LogP contribution in [-0.4, -0.2) is 112 Å². The first kappa shape index (κ1) is 126. The van der Waals surface area contributed by atoms with Gasteiger partial charge in [-0.1, -0.05) is 132 Å². The number of rotatable bonds is 20. The van der Waals surface area contributed by atoms with E-state index in [9.17, 15) is 0 Å². The Labute approximate surface area is 946 Å². The molecule has 146 heavy (non-hydrogen) atoms. The Morgan fingerprint density at radius 2 is 0.384 bits per heavy atom. The molecule has 0 atom stereocenters. The van der Waals surface area contributed by atoms with E-state index in [2.05, 4.69) is 82.3 Å². The van der Waals surface area contributed by atoms with E-state index >= 15 is 0 Å². The number of hydrogen-bond acceptors (Lipinski definition) is 2. The van der Waals surface area contributed by atoms with Crippen LogP contribution in [-0.2, 0) is 40.6 Å². The molecule has 20 rings (SSSR count). The molecule has 15 saturated carbocycles. The fourth-order valence-corrected chi connectivity index (χ4v) is 63.1. The number of hydrogen-bond donors (Lipinski definition) is 0. The molecule has 1 heterocycles. The van der Waals surface area contributed by atoms with Crippen LogP contribution in [0, 0.1) is 48.2 Å². The van der Waals surface area contributed by atoms with Crippen LogP contribution in [0.2, 0.25) is 0 Å². The maximum atomic E-state index is 5.67. The summed E-state index contributed by atoms with van der Waals surface area (Å²) in [5.41, 5.74) is 32.7. The average molecular weight is 2480 g/mol. The molecule has 16 fully saturated rings. The molecule has 16 aliphatic rings. The number of nitrogens with zero attached hydrogens (tertiary/aromatic N) is 2. The second-order valence-corrected chi connectivity index (χ2v) is 84.0. The topological polar surface area (TPSA) is 6.48 Å². The third-order valence-corrected chi connectivity index (χ3v) is 66.7. The normalized spacial score (nSPS) is 23.2. The van der Waals surface area contributed by atoms with Gasteiger partial charge < -0.3 is 9.80 Å². The summed E-state index contributed by atoms with van der Waals surface area (Å²) in [5.74, 6) is 0. The van der Waals surface area contributed by atoms with Gasteiger partial charge in [0.1, 0.15) is 0 Å². The van der Waals surface area contributed by atoms with E-state index in [0.717, 1.165) is 24.2 Å². The first-order chi connectivity index (χ1) is 71.3. The van der Waals surface area contributed by atoms with Crippen molar-refractivity contribution in [2.24, 2.45) is 0 Å². The minimum absolute atomic E-state index is 0.0465. The second kappa shape index (κ2) is 73.5. The molecule has 16 heteroatoms. The van der Waals surface area contributed by atoms with Gasteiger partial charge in [0.2, 0.25) is 0 Å². The fraction of sp³-hybridized carbons (Fsp3) is 0.769. The Hall–Kier alpha value is 1.59. The van der Waals surface area contributed by atoms with Crippen molar-refractivity contribution in [3.05, 3.63) is 148 Å². The Morgan fingerprint density at radius 3 is 0.507 bits per heavy atom. The van der Waals surface area contributed by atoms with Crippen molar-refractivity contribution in [1.82, 2.24) is 0 Å². The summed E-state index contributed by atoms with van der Waals surface area (Å²) in [4.78, 5) is 4.81. The molecule has 0 aromatic heterocycles. The van der Waals surface area contributed by atoms with Crippen molar-refractivity contribution in [2.45, 2.75) is 622 Å². The van der Waals surface area contributed by atoms with Crippen molar-refractivity contribution < 1.29 is 40.6 Å². The summed E-state index contributed by atoms with van der Waals surface area (Å²) in [7, 11) is 33.5.